The molecule has 1 N–H and O–H groups in total. The zero-order valence-electron chi connectivity index (χ0n) is 10.8. The number of rotatable bonds is 2. The summed E-state index contributed by atoms with van der Waals surface area (Å²) in [6.07, 6.45) is 8.35. The Morgan fingerprint density at radius 3 is 2.78 bits per heavy atom. The van der Waals surface area contributed by atoms with Crippen LogP contribution in [-0.2, 0) is 19.9 Å². The maximum atomic E-state index is 4.70. The van der Waals surface area contributed by atoms with Gasteiger partial charge in [-0.2, -0.15) is 5.10 Å². The molecule has 0 spiro atoms. The van der Waals surface area contributed by atoms with Gasteiger partial charge in [0.2, 0.25) is 0 Å². The molecule has 0 bridgehead atoms. The molecule has 3 rings (SSSR count). The monoisotopic (exact) mass is 243 g/mol. The lowest BCUT2D eigenvalue weighted by atomic mass is 9.96. The smallest absolute Gasteiger partial charge is 0.164 e. The van der Waals surface area contributed by atoms with Gasteiger partial charge < -0.3 is 5.32 Å². The summed E-state index contributed by atoms with van der Waals surface area (Å²) < 4.78 is 1.77. The molecule has 0 atom stereocenters. The highest BCUT2D eigenvalue weighted by Crippen LogP contribution is 2.27. The number of hydrogen-bond acceptors (Lipinski definition) is 4. The Morgan fingerprint density at radius 1 is 1.22 bits per heavy atom. The van der Waals surface area contributed by atoms with E-state index in [2.05, 4.69) is 15.4 Å². The third-order valence-corrected chi connectivity index (χ3v) is 3.38. The standard InChI is InChI=1S/C13H17N5/c1-14-13-10-5-3-4-6-11(10)16-12(17-13)9-7-15-18(2)8-9/h7-8H,3-6H2,1-2H3,(H,14,16,17). The first kappa shape index (κ1) is 11.2. The van der Waals surface area contributed by atoms with E-state index in [9.17, 15) is 0 Å². The van der Waals surface area contributed by atoms with Crippen molar-refractivity contribution in [3.8, 4) is 11.4 Å². The lowest BCUT2D eigenvalue weighted by Gasteiger charge is -2.18. The number of fused-ring (bicyclic) bond motifs is 1. The van der Waals surface area contributed by atoms with Crippen LogP contribution in [0.4, 0.5) is 5.82 Å². The Balaban J connectivity index is 2.11. The van der Waals surface area contributed by atoms with Crippen molar-refractivity contribution in [2.24, 2.45) is 7.05 Å². The average Bonchev–Trinajstić information content (AvgIpc) is 2.84. The van der Waals surface area contributed by atoms with E-state index in [0.717, 1.165) is 30.0 Å². The van der Waals surface area contributed by atoms with Crippen LogP contribution in [0.25, 0.3) is 11.4 Å². The van der Waals surface area contributed by atoms with Gasteiger partial charge in [-0.05, 0) is 25.7 Å². The molecule has 0 radical (unpaired) electrons. The quantitative estimate of drug-likeness (QED) is 0.873. The Morgan fingerprint density at radius 2 is 2.06 bits per heavy atom. The van der Waals surface area contributed by atoms with Crippen LogP contribution in [-0.4, -0.2) is 26.8 Å². The van der Waals surface area contributed by atoms with Gasteiger partial charge in [-0.3, -0.25) is 4.68 Å². The predicted octanol–water partition coefficient (Wildman–Crippen LogP) is 1.80. The fourth-order valence-corrected chi connectivity index (χ4v) is 2.47. The Bertz CT molecular complexity index is 556. The Labute approximate surface area is 106 Å². The van der Waals surface area contributed by atoms with Crippen molar-refractivity contribution in [3.05, 3.63) is 23.7 Å². The summed E-state index contributed by atoms with van der Waals surface area (Å²) in [6, 6.07) is 0. The van der Waals surface area contributed by atoms with E-state index in [4.69, 9.17) is 4.98 Å². The van der Waals surface area contributed by atoms with Crippen LogP contribution in [0.3, 0.4) is 0 Å². The fraction of sp³-hybridized carbons (Fsp3) is 0.462. The fourth-order valence-electron chi connectivity index (χ4n) is 2.47. The van der Waals surface area contributed by atoms with Gasteiger partial charge in [-0.1, -0.05) is 0 Å². The molecule has 5 nitrogen and oxygen atoms in total. The van der Waals surface area contributed by atoms with Crippen molar-refractivity contribution >= 4 is 5.82 Å². The Kier molecular flexibility index (Phi) is 2.74. The molecule has 94 valence electrons. The van der Waals surface area contributed by atoms with Gasteiger partial charge in [0.15, 0.2) is 5.82 Å². The van der Waals surface area contributed by atoms with E-state index in [1.54, 1.807) is 4.68 Å². The van der Waals surface area contributed by atoms with Crippen LogP contribution in [0.15, 0.2) is 12.4 Å². The second-order valence-corrected chi connectivity index (χ2v) is 4.68. The van der Waals surface area contributed by atoms with Gasteiger partial charge in [0.1, 0.15) is 5.82 Å². The minimum Gasteiger partial charge on any atom is -0.373 e. The summed E-state index contributed by atoms with van der Waals surface area (Å²) in [5.74, 6) is 1.74. The first-order valence-electron chi connectivity index (χ1n) is 6.34. The SMILES string of the molecule is CNc1nc(-c2cnn(C)c2)nc2c1CCCC2. The van der Waals surface area contributed by atoms with Crippen molar-refractivity contribution in [1.82, 2.24) is 19.7 Å². The zero-order chi connectivity index (χ0) is 12.5. The summed E-state index contributed by atoms with van der Waals surface area (Å²) in [5, 5.41) is 7.37. The van der Waals surface area contributed by atoms with Gasteiger partial charge >= 0.3 is 0 Å². The topological polar surface area (TPSA) is 55.6 Å². The van der Waals surface area contributed by atoms with Crippen molar-refractivity contribution in [2.45, 2.75) is 25.7 Å². The number of anilines is 1. The summed E-state index contributed by atoms with van der Waals surface area (Å²) in [6.45, 7) is 0. The van der Waals surface area contributed by atoms with E-state index >= 15 is 0 Å². The van der Waals surface area contributed by atoms with Crippen LogP contribution in [0.1, 0.15) is 24.1 Å². The normalized spacial score (nSPS) is 14.3. The minimum atomic E-state index is 0.771. The summed E-state index contributed by atoms with van der Waals surface area (Å²) in [7, 11) is 3.82. The molecule has 2 heterocycles. The third kappa shape index (κ3) is 1.85. The lowest BCUT2D eigenvalue weighted by Crippen LogP contribution is -2.11. The number of hydrogen-bond donors (Lipinski definition) is 1. The molecular weight excluding hydrogens is 226 g/mol. The predicted molar refractivity (Wildman–Crippen MR) is 70.4 cm³/mol. The number of nitrogens with zero attached hydrogens (tertiary/aromatic N) is 4. The molecule has 0 saturated heterocycles. The zero-order valence-corrected chi connectivity index (χ0v) is 10.8. The van der Waals surface area contributed by atoms with Gasteiger partial charge in [-0.15, -0.1) is 0 Å². The highest BCUT2D eigenvalue weighted by Gasteiger charge is 2.18. The molecule has 1 aliphatic rings. The summed E-state index contributed by atoms with van der Waals surface area (Å²) >= 11 is 0. The van der Waals surface area contributed by atoms with Crippen molar-refractivity contribution in [2.75, 3.05) is 12.4 Å². The molecule has 0 saturated carbocycles. The van der Waals surface area contributed by atoms with Gasteiger partial charge in [0.25, 0.3) is 0 Å². The van der Waals surface area contributed by atoms with Crippen LogP contribution in [0, 0.1) is 0 Å². The van der Waals surface area contributed by atoms with Gasteiger partial charge in [0, 0.05) is 31.5 Å². The van der Waals surface area contributed by atoms with Crippen molar-refractivity contribution in [1.29, 1.82) is 0 Å². The molecule has 2 aromatic heterocycles. The molecule has 5 heteroatoms. The molecule has 0 unspecified atom stereocenters. The lowest BCUT2D eigenvalue weighted by molar-refractivity contribution is 0.665. The number of nitrogens with one attached hydrogen (secondary N) is 1. The first-order valence-corrected chi connectivity index (χ1v) is 6.34. The highest BCUT2D eigenvalue weighted by atomic mass is 15.2. The van der Waals surface area contributed by atoms with Crippen LogP contribution >= 0.6 is 0 Å². The molecule has 18 heavy (non-hydrogen) atoms. The molecular formula is C13H17N5. The molecule has 0 fully saturated rings. The van der Waals surface area contributed by atoms with E-state index in [-0.39, 0.29) is 0 Å². The average molecular weight is 243 g/mol. The maximum absolute atomic E-state index is 4.70. The highest BCUT2D eigenvalue weighted by molar-refractivity contribution is 5.58. The summed E-state index contributed by atoms with van der Waals surface area (Å²) in [4.78, 5) is 9.31. The van der Waals surface area contributed by atoms with Gasteiger partial charge in [0.05, 0.1) is 11.8 Å². The molecule has 0 aromatic carbocycles. The van der Waals surface area contributed by atoms with Crippen molar-refractivity contribution < 1.29 is 0 Å². The van der Waals surface area contributed by atoms with E-state index in [1.165, 1.54) is 24.1 Å². The largest absolute Gasteiger partial charge is 0.373 e. The third-order valence-electron chi connectivity index (χ3n) is 3.38. The van der Waals surface area contributed by atoms with E-state index in [0.29, 0.717) is 0 Å². The summed E-state index contributed by atoms with van der Waals surface area (Å²) in [5.41, 5.74) is 3.46. The van der Waals surface area contributed by atoms with E-state index < -0.39 is 0 Å². The minimum absolute atomic E-state index is 0.771. The molecule has 1 aliphatic carbocycles. The van der Waals surface area contributed by atoms with Gasteiger partial charge in [-0.25, -0.2) is 9.97 Å². The second kappa shape index (κ2) is 4.40. The number of aryl methyl sites for hydroxylation is 2. The first-order chi connectivity index (χ1) is 8.78. The van der Waals surface area contributed by atoms with E-state index in [1.807, 2.05) is 26.5 Å². The Hall–Kier alpha value is -1.91. The number of aromatic nitrogens is 4. The maximum Gasteiger partial charge on any atom is 0.164 e. The second-order valence-electron chi connectivity index (χ2n) is 4.68. The molecule has 2 aromatic rings. The van der Waals surface area contributed by atoms with Crippen LogP contribution in [0.5, 0.6) is 0 Å². The van der Waals surface area contributed by atoms with Crippen LogP contribution in [0.2, 0.25) is 0 Å². The molecule has 0 amide bonds. The van der Waals surface area contributed by atoms with Crippen molar-refractivity contribution in [3.63, 3.8) is 0 Å². The molecule has 0 aliphatic heterocycles. The van der Waals surface area contributed by atoms with Crippen LogP contribution < -0.4 is 5.32 Å².